The second kappa shape index (κ2) is 4.08. The van der Waals surface area contributed by atoms with Gasteiger partial charge < -0.3 is 5.11 Å². The molecule has 0 bridgehead atoms. The maximum atomic E-state index is 13.4. The maximum absolute atomic E-state index is 13.4. The molecule has 5 nitrogen and oxygen atoms in total. The molecule has 2 rings (SSSR count). The van der Waals surface area contributed by atoms with Crippen molar-refractivity contribution in [1.29, 1.82) is 0 Å². The van der Waals surface area contributed by atoms with E-state index < -0.39 is 29.4 Å². The Morgan fingerprint density at radius 1 is 1.53 bits per heavy atom. The number of aliphatic carboxylic acids is 1. The summed E-state index contributed by atoms with van der Waals surface area (Å²) in [7, 11) is 0. The molecule has 90 valence electrons. The molecular formula is C10H8F2N2O3. The Hall–Kier alpha value is -2.05. The van der Waals surface area contributed by atoms with Crippen molar-refractivity contribution >= 4 is 17.7 Å². The van der Waals surface area contributed by atoms with Crippen LogP contribution >= 0.6 is 0 Å². The van der Waals surface area contributed by atoms with E-state index in [1.165, 1.54) is 0 Å². The topological polar surface area (TPSA) is 70.5 Å². The van der Waals surface area contributed by atoms with Crippen molar-refractivity contribution in [3.8, 4) is 0 Å². The van der Waals surface area contributed by atoms with Gasteiger partial charge in [-0.05, 0) is 0 Å². The maximum Gasteiger partial charge on any atom is 0.308 e. The van der Waals surface area contributed by atoms with E-state index in [1.807, 2.05) is 0 Å². The van der Waals surface area contributed by atoms with Crippen molar-refractivity contribution in [3.05, 3.63) is 23.9 Å². The Bertz CT molecular complexity index is 492. The fourth-order valence-electron chi connectivity index (χ4n) is 1.68. The summed E-state index contributed by atoms with van der Waals surface area (Å²) in [6.45, 7) is -0.149. The first-order valence-corrected chi connectivity index (χ1v) is 4.83. The second-order valence-electron chi connectivity index (χ2n) is 3.70. The molecule has 1 amide bonds. The zero-order valence-corrected chi connectivity index (χ0v) is 8.56. The van der Waals surface area contributed by atoms with Gasteiger partial charge in [0, 0.05) is 19.0 Å². The van der Waals surface area contributed by atoms with Crippen molar-refractivity contribution in [2.45, 2.75) is 6.42 Å². The van der Waals surface area contributed by atoms with Gasteiger partial charge in [0.25, 0.3) is 0 Å². The third-order valence-electron chi connectivity index (χ3n) is 2.52. The van der Waals surface area contributed by atoms with Crippen LogP contribution in [0.4, 0.5) is 14.6 Å². The summed E-state index contributed by atoms with van der Waals surface area (Å²) in [5.74, 6) is -4.70. The Balaban J connectivity index is 2.29. The molecule has 2 heterocycles. The number of aromatic nitrogens is 1. The van der Waals surface area contributed by atoms with Crippen LogP contribution in [0.15, 0.2) is 12.3 Å². The Kier molecular flexibility index (Phi) is 2.74. The van der Waals surface area contributed by atoms with E-state index in [1.54, 1.807) is 0 Å². The summed E-state index contributed by atoms with van der Waals surface area (Å²) in [5, 5.41) is 8.76. The minimum atomic E-state index is -1.12. The second-order valence-corrected chi connectivity index (χ2v) is 3.70. The molecule has 0 aromatic carbocycles. The third-order valence-corrected chi connectivity index (χ3v) is 2.52. The van der Waals surface area contributed by atoms with Gasteiger partial charge in [0.05, 0.1) is 12.1 Å². The van der Waals surface area contributed by atoms with Gasteiger partial charge in [0.1, 0.15) is 5.82 Å². The number of nitrogens with zero attached hydrogens (tertiary/aromatic N) is 2. The molecule has 1 N–H and O–H groups in total. The average molecular weight is 242 g/mol. The van der Waals surface area contributed by atoms with Crippen molar-refractivity contribution in [1.82, 2.24) is 4.98 Å². The van der Waals surface area contributed by atoms with Crippen molar-refractivity contribution < 1.29 is 23.5 Å². The van der Waals surface area contributed by atoms with Crippen molar-refractivity contribution in [2.75, 3.05) is 11.4 Å². The van der Waals surface area contributed by atoms with Gasteiger partial charge in [-0.3, -0.25) is 14.5 Å². The fourth-order valence-corrected chi connectivity index (χ4v) is 1.68. The van der Waals surface area contributed by atoms with Crippen molar-refractivity contribution in [2.24, 2.45) is 5.92 Å². The molecule has 0 saturated carbocycles. The van der Waals surface area contributed by atoms with Crippen LogP contribution in [0.1, 0.15) is 6.42 Å². The molecule has 1 aliphatic heterocycles. The number of rotatable bonds is 2. The molecule has 17 heavy (non-hydrogen) atoms. The van der Waals surface area contributed by atoms with E-state index in [-0.39, 0.29) is 18.8 Å². The quantitative estimate of drug-likeness (QED) is 0.832. The smallest absolute Gasteiger partial charge is 0.308 e. The molecule has 1 aliphatic rings. The molecule has 1 aromatic rings. The van der Waals surface area contributed by atoms with Gasteiger partial charge >= 0.3 is 5.97 Å². The van der Waals surface area contributed by atoms with E-state index in [0.29, 0.717) is 6.07 Å². The monoisotopic (exact) mass is 242 g/mol. The Morgan fingerprint density at radius 2 is 2.24 bits per heavy atom. The Labute approximate surface area is 94.7 Å². The molecule has 1 fully saturated rings. The number of hydrogen-bond acceptors (Lipinski definition) is 3. The van der Waals surface area contributed by atoms with Crippen LogP contribution in [0.2, 0.25) is 0 Å². The molecule has 0 spiro atoms. The van der Waals surface area contributed by atoms with Gasteiger partial charge in [-0.2, -0.15) is 0 Å². The summed E-state index contributed by atoms with van der Waals surface area (Å²) in [6, 6.07) is 0.601. The van der Waals surface area contributed by atoms with Gasteiger partial charge in [0.15, 0.2) is 11.6 Å². The summed E-state index contributed by atoms with van der Waals surface area (Å²) in [4.78, 5) is 26.6. The number of pyridine rings is 1. The number of hydrogen-bond donors (Lipinski definition) is 1. The molecule has 1 aromatic heterocycles. The van der Waals surface area contributed by atoms with E-state index >= 15 is 0 Å². The molecular weight excluding hydrogens is 234 g/mol. The molecule has 0 radical (unpaired) electrons. The highest BCUT2D eigenvalue weighted by Crippen LogP contribution is 2.25. The van der Waals surface area contributed by atoms with Gasteiger partial charge in [-0.1, -0.05) is 0 Å². The van der Waals surface area contributed by atoms with Crippen LogP contribution in [0.5, 0.6) is 0 Å². The van der Waals surface area contributed by atoms with E-state index in [0.717, 1.165) is 11.1 Å². The number of carbonyl (C=O) groups is 2. The minimum Gasteiger partial charge on any atom is -0.481 e. The highest BCUT2D eigenvalue weighted by Gasteiger charge is 2.36. The predicted octanol–water partition coefficient (Wildman–Crippen LogP) is 0.797. The summed E-state index contributed by atoms with van der Waals surface area (Å²) in [5.41, 5.74) is 0. The highest BCUT2D eigenvalue weighted by molar-refractivity contribution is 5.98. The van der Waals surface area contributed by atoms with E-state index in [9.17, 15) is 18.4 Å². The first-order valence-electron chi connectivity index (χ1n) is 4.83. The lowest BCUT2D eigenvalue weighted by atomic mass is 10.1. The van der Waals surface area contributed by atoms with Crippen LogP contribution in [-0.4, -0.2) is 28.5 Å². The van der Waals surface area contributed by atoms with Crippen LogP contribution in [0.25, 0.3) is 0 Å². The molecule has 1 unspecified atom stereocenters. The molecule has 1 saturated heterocycles. The van der Waals surface area contributed by atoms with E-state index in [2.05, 4.69) is 4.98 Å². The zero-order chi connectivity index (χ0) is 12.6. The molecule has 1 atom stereocenters. The summed E-state index contributed by atoms with van der Waals surface area (Å²) >= 11 is 0. The molecule has 7 heteroatoms. The van der Waals surface area contributed by atoms with Crippen LogP contribution in [0.3, 0.4) is 0 Å². The number of carbonyl (C=O) groups excluding carboxylic acids is 1. The lowest BCUT2D eigenvalue weighted by Crippen LogP contribution is -2.27. The summed E-state index contributed by atoms with van der Waals surface area (Å²) in [6.07, 6.45) is 0.577. The number of anilines is 1. The minimum absolute atomic E-state index is 0.149. The Morgan fingerprint density at radius 3 is 2.76 bits per heavy atom. The number of carboxylic acids is 1. The third kappa shape index (κ3) is 2.08. The number of halogens is 2. The fraction of sp³-hybridized carbons (Fsp3) is 0.300. The lowest BCUT2D eigenvalue weighted by molar-refractivity contribution is -0.141. The normalized spacial score (nSPS) is 19.8. The number of amides is 1. The summed E-state index contributed by atoms with van der Waals surface area (Å²) < 4.78 is 26.0. The largest absolute Gasteiger partial charge is 0.481 e. The van der Waals surface area contributed by atoms with E-state index in [4.69, 9.17) is 5.11 Å². The lowest BCUT2D eigenvalue weighted by Gasteiger charge is -2.15. The van der Waals surface area contributed by atoms with Crippen LogP contribution in [0, 0.1) is 17.6 Å². The SMILES string of the molecule is O=C(O)C1CC(=O)N(c2ncc(F)cc2F)C1. The average Bonchev–Trinajstić information content (AvgIpc) is 2.61. The van der Waals surface area contributed by atoms with Gasteiger partial charge in [-0.15, -0.1) is 0 Å². The standard InChI is InChI=1S/C10H8F2N2O3/c11-6-2-7(12)9(13-3-6)14-4-5(10(16)17)1-8(14)15/h2-3,5H,1,4H2,(H,16,17). The zero-order valence-electron chi connectivity index (χ0n) is 8.56. The van der Waals surface area contributed by atoms with Crippen molar-refractivity contribution in [3.63, 3.8) is 0 Å². The van der Waals surface area contributed by atoms with Crippen LogP contribution in [-0.2, 0) is 9.59 Å². The van der Waals surface area contributed by atoms with Crippen LogP contribution < -0.4 is 4.90 Å². The first-order chi connectivity index (χ1) is 7.99. The molecule has 0 aliphatic carbocycles. The number of carboxylic acid groups (broad SMARTS) is 1. The van der Waals surface area contributed by atoms with Gasteiger partial charge in [-0.25, -0.2) is 13.8 Å². The first kappa shape index (κ1) is 11.4. The van der Waals surface area contributed by atoms with Gasteiger partial charge in [0.2, 0.25) is 5.91 Å². The highest BCUT2D eigenvalue weighted by atomic mass is 19.1. The predicted molar refractivity (Wildman–Crippen MR) is 52.2 cm³/mol.